The van der Waals surface area contributed by atoms with Crippen LogP contribution in [0.2, 0.25) is 0 Å². The summed E-state index contributed by atoms with van der Waals surface area (Å²) in [6.45, 7) is 0. The predicted molar refractivity (Wildman–Crippen MR) is 220 cm³/mol. The predicted octanol–water partition coefficient (Wildman–Crippen LogP) is 13.3. The van der Waals surface area contributed by atoms with Crippen molar-refractivity contribution in [1.82, 2.24) is 9.97 Å². The van der Waals surface area contributed by atoms with Gasteiger partial charge in [0.1, 0.15) is 10.0 Å². The largest absolute Gasteiger partial charge is 0.237 e. The van der Waals surface area contributed by atoms with Crippen LogP contribution in [0.1, 0.15) is 43.4 Å². The molecule has 0 unspecified atom stereocenters. The highest BCUT2D eigenvalue weighted by molar-refractivity contribution is 7.19. The number of nitrogens with zero attached hydrogens (tertiary/aromatic N) is 2. The van der Waals surface area contributed by atoms with Gasteiger partial charge in [0, 0.05) is 0 Å². The lowest BCUT2D eigenvalue weighted by atomic mass is 10.0. The van der Waals surface area contributed by atoms with Crippen molar-refractivity contribution in [2.45, 2.75) is 0 Å². The van der Waals surface area contributed by atoms with E-state index in [4.69, 9.17) is 0 Å². The number of hydrogen-bond acceptors (Lipinski definition) is 4. The van der Waals surface area contributed by atoms with E-state index in [-0.39, 0.29) is 0 Å². The number of rotatable bonds is 9. The smallest absolute Gasteiger partial charge is 0.117 e. The molecule has 0 N–H and O–H groups in total. The van der Waals surface area contributed by atoms with Crippen LogP contribution in [-0.2, 0) is 0 Å². The van der Waals surface area contributed by atoms with Crippen LogP contribution in [0.5, 0.6) is 0 Å². The summed E-state index contributed by atoms with van der Waals surface area (Å²) in [5.74, 6) is 0. The van der Waals surface area contributed by atoms with Crippen molar-refractivity contribution < 1.29 is 0 Å². The van der Waals surface area contributed by atoms with Crippen LogP contribution >= 0.6 is 22.7 Å². The molecule has 0 aliphatic carbocycles. The topological polar surface area (TPSA) is 25.8 Å². The zero-order valence-corrected chi connectivity index (χ0v) is 28.8. The Morgan fingerprint density at radius 3 is 0.900 bits per heavy atom. The standard InChI is InChI=1S/C46H32N2S2/c1-3-7-43-41(5-1)47-45(49-43)31-25-35-15-9-33(10-16-35)13-19-37-21-27-39(28-22-37)40-29-23-38(24-30-40)20-14-34-11-17-36(18-12-34)26-32-46-48-42-6-2-4-8-44(42)50-46/h1-32H. The quantitative estimate of drug-likeness (QED) is 0.142. The third-order valence-electron chi connectivity index (χ3n) is 8.42. The monoisotopic (exact) mass is 676 g/mol. The van der Waals surface area contributed by atoms with E-state index in [2.05, 4.69) is 192 Å². The van der Waals surface area contributed by atoms with Gasteiger partial charge in [-0.25, -0.2) is 9.97 Å². The van der Waals surface area contributed by atoms with Crippen LogP contribution in [-0.4, -0.2) is 9.97 Å². The van der Waals surface area contributed by atoms with Gasteiger partial charge in [-0.2, -0.15) is 0 Å². The summed E-state index contributed by atoms with van der Waals surface area (Å²) >= 11 is 3.43. The lowest BCUT2D eigenvalue weighted by molar-refractivity contribution is 1.46. The molecule has 50 heavy (non-hydrogen) atoms. The fraction of sp³-hybridized carbons (Fsp3) is 0. The zero-order chi connectivity index (χ0) is 33.5. The van der Waals surface area contributed by atoms with Gasteiger partial charge in [-0.3, -0.25) is 0 Å². The van der Waals surface area contributed by atoms with E-state index in [9.17, 15) is 0 Å². The van der Waals surface area contributed by atoms with Crippen LogP contribution in [0.4, 0.5) is 0 Å². The molecule has 0 atom stereocenters. The molecule has 0 fully saturated rings. The van der Waals surface area contributed by atoms with Gasteiger partial charge in [-0.1, -0.05) is 158 Å². The van der Waals surface area contributed by atoms with Gasteiger partial charge in [-0.05, 0) is 80.9 Å². The minimum Gasteiger partial charge on any atom is -0.237 e. The molecule has 8 rings (SSSR count). The second kappa shape index (κ2) is 14.7. The molecular formula is C46H32N2S2. The molecule has 0 spiro atoms. The van der Waals surface area contributed by atoms with Crippen molar-refractivity contribution in [3.8, 4) is 11.1 Å². The molecule has 4 heteroatoms. The Morgan fingerprint density at radius 1 is 0.300 bits per heavy atom. The average Bonchev–Trinajstić information content (AvgIpc) is 3.80. The summed E-state index contributed by atoms with van der Waals surface area (Å²) in [4.78, 5) is 9.38. The molecule has 6 aromatic carbocycles. The highest BCUT2D eigenvalue weighted by Crippen LogP contribution is 2.26. The molecule has 238 valence electrons. The molecule has 0 amide bonds. The van der Waals surface area contributed by atoms with Crippen LogP contribution < -0.4 is 0 Å². The second-order valence-corrected chi connectivity index (χ2v) is 14.1. The minimum atomic E-state index is 1.02. The lowest BCUT2D eigenvalue weighted by Gasteiger charge is -2.04. The molecule has 0 saturated heterocycles. The Hall–Kier alpha value is -5.94. The van der Waals surface area contributed by atoms with Gasteiger partial charge in [0.2, 0.25) is 0 Å². The number of thiazole rings is 2. The fourth-order valence-electron chi connectivity index (χ4n) is 5.65. The lowest BCUT2D eigenvalue weighted by Crippen LogP contribution is -1.80. The molecule has 0 radical (unpaired) electrons. The first-order valence-corrected chi connectivity index (χ1v) is 18.2. The molecule has 2 aromatic heterocycles. The third-order valence-corrected chi connectivity index (χ3v) is 10.4. The van der Waals surface area contributed by atoms with Gasteiger partial charge >= 0.3 is 0 Å². The first-order chi connectivity index (χ1) is 24.7. The molecule has 0 aliphatic rings. The normalized spacial score (nSPS) is 12.1. The summed E-state index contributed by atoms with van der Waals surface area (Å²) < 4.78 is 2.43. The molecule has 2 nitrogen and oxygen atoms in total. The van der Waals surface area contributed by atoms with Gasteiger partial charge in [-0.15, -0.1) is 22.7 Å². The molecule has 8 aromatic rings. The Labute approximate surface area is 300 Å². The first-order valence-electron chi connectivity index (χ1n) is 16.5. The number of para-hydroxylation sites is 2. The highest BCUT2D eigenvalue weighted by Gasteiger charge is 2.02. The summed E-state index contributed by atoms with van der Waals surface area (Å²) in [6, 6.07) is 51.1. The molecule has 2 heterocycles. The second-order valence-electron chi connectivity index (χ2n) is 12.0. The summed E-state index contributed by atoms with van der Waals surface area (Å²) in [7, 11) is 0. The third kappa shape index (κ3) is 7.68. The van der Waals surface area contributed by atoms with Crippen LogP contribution in [0.25, 0.3) is 80.2 Å². The Kier molecular flexibility index (Phi) is 9.19. The van der Waals surface area contributed by atoms with Crippen molar-refractivity contribution in [2.75, 3.05) is 0 Å². The van der Waals surface area contributed by atoms with Gasteiger partial charge in [0.25, 0.3) is 0 Å². The average molecular weight is 677 g/mol. The van der Waals surface area contributed by atoms with Crippen molar-refractivity contribution >= 4 is 91.7 Å². The van der Waals surface area contributed by atoms with E-state index in [0.717, 1.165) is 32.2 Å². The maximum Gasteiger partial charge on any atom is 0.117 e. The van der Waals surface area contributed by atoms with Crippen molar-refractivity contribution in [2.24, 2.45) is 0 Å². The summed E-state index contributed by atoms with van der Waals surface area (Å²) in [6.07, 6.45) is 17.1. The summed E-state index contributed by atoms with van der Waals surface area (Å²) in [5, 5.41) is 2.05. The van der Waals surface area contributed by atoms with Crippen LogP contribution in [0.3, 0.4) is 0 Å². The van der Waals surface area contributed by atoms with E-state index >= 15 is 0 Å². The molecule has 0 aliphatic heterocycles. The first kappa shape index (κ1) is 31.3. The number of fused-ring (bicyclic) bond motifs is 2. The van der Waals surface area contributed by atoms with E-state index in [1.165, 1.54) is 42.8 Å². The van der Waals surface area contributed by atoms with Gasteiger partial charge in [0.15, 0.2) is 0 Å². The number of hydrogen-bond donors (Lipinski definition) is 0. The van der Waals surface area contributed by atoms with E-state index in [0.29, 0.717) is 0 Å². The maximum atomic E-state index is 4.69. The number of aromatic nitrogens is 2. The molecule has 0 bridgehead atoms. The fourth-order valence-corrected chi connectivity index (χ4v) is 7.39. The Morgan fingerprint density at radius 2 is 0.580 bits per heavy atom. The van der Waals surface area contributed by atoms with Crippen molar-refractivity contribution in [3.05, 3.63) is 189 Å². The Bertz CT molecular complexity index is 2250. The Balaban J connectivity index is 0.843. The zero-order valence-electron chi connectivity index (χ0n) is 27.2. The molecule has 0 saturated carbocycles. The van der Waals surface area contributed by atoms with Gasteiger partial charge < -0.3 is 0 Å². The van der Waals surface area contributed by atoms with E-state index in [1.807, 2.05) is 12.1 Å². The number of benzene rings is 6. The maximum absolute atomic E-state index is 4.69. The van der Waals surface area contributed by atoms with Crippen molar-refractivity contribution in [1.29, 1.82) is 0 Å². The van der Waals surface area contributed by atoms with Crippen LogP contribution in [0.15, 0.2) is 146 Å². The van der Waals surface area contributed by atoms with E-state index < -0.39 is 0 Å². The molecular weight excluding hydrogens is 645 g/mol. The van der Waals surface area contributed by atoms with Crippen molar-refractivity contribution in [3.63, 3.8) is 0 Å². The minimum absolute atomic E-state index is 1.02. The van der Waals surface area contributed by atoms with Crippen LogP contribution in [0, 0.1) is 0 Å². The van der Waals surface area contributed by atoms with Gasteiger partial charge in [0.05, 0.1) is 20.4 Å². The summed E-state index contributed by atoms with van der Waals surface area (Å²) in [5.41, 5.74) is 11.5. The SMILES string of the molecule is C(=Cc1ccc(-c2ccc(C=Cc3ccc(C=Cc4nc5ccccc5s4)cc3)cc2)cc1)c1ccc(C=Cc2nc3ccccc3s2)cc1. The highest BCUT2D eigenvalue weighted by atomic mass is 32.1. The van der Waals surface area contributed by atoms with E-state index in [1.54, 1.807) is 22.7 Å².